The number of carbonyl (C=O) groups is 1. The molecular formula is C11H11F3INO4. The highest BCUT2D eigenvalue weighted by Gasteiger charge is 2.34. The predicted octanol–water partition coefficient (Wildman–Crippen LogP) is 2.70. The molecule has 1 aromatic heterocycles. The lowest BCUT2D eigenvalue weighted by molar-refractivity contribution is -0.275. The SMILES string of the molecule is CCOC(=O)Cc1cnc(I)c(OC(F)(F)F)c1OC. The molecule has 0 aliphatic carbocycles. The number of esters is 1. The van der Waals surface area contributed by atoms with E-state index >= 15 is 0 Å². The lowest BCUT2D eigenvalue weighted by Crippen LogP contribution is -2.19. The number of ether oxygens (including phenoxy) is 3. The molecule has 0 amide bonds. The lowest BCUT2D eigenvalue weighted by atomic mass is 10.2. The zero-order chi connectivity index (χ0) is 15.3. The van der Waals surface area contributed by atoms with E-state index in [1.165, 1.54) is 13.3 Å². The zero-order valence-electron chi connectivity index (χ0n) is 10.6. The Bertz CT molecular complexity index is 493. The van der Waals surface area contributed by atoms with E-state index in [2.05, 4.69) is 9.72 Å². The number of hydrogen-bond donors (Lipinski definition) is 0. The summed E-state index contributed by atoms with van der Waals surface area (Å²) in [6.45, 7) is 1.80. The van der Waals surface area contributed by atoms with Crippen molar-refractivity contribution in [2.45, 2.75) is 19.7 Å². The fourth-order valence-corrected chi connectivity index (χ4v) is 1.91. The number of alkyl halides is 3. The Morgan fingerprint density at radius 2 is 2.05 bits per heavy atom. The average molecular weight is 405 g/mol. The molecule has 1 aromatic rings. The minimum absolute atomic E-state index is 0.0237. The fourth-order valence-electron chi connectivity index (χ4n) is 1.41. The number of halogens is 4. The van der Waals surface area contributed by atoms with Crippen LogP contribution in [0.2, 0.25) is 0 Å². The standard InChI is InChI=1S/C11H11F3INO4/c1-3-19-7(17)4-6-5-16-10(15)9(8(6)18-2)20-11(12,13)14/h5H,3-4H2,1-2H3. The molecule has 20 heavy (non-hydrogen) atoms. The largest absolute Gasteiger partial charge is 0.573 e. The highest BCUT2D eigenvalue weighted by atomic mass is 127. The van der Waals surface area contributed by atoms with E-state index in [0.29, 0.717) is 0 Å². The molecule has 0 fully saturated rings. The minimum Gasteiger partial charge on any atom is -0.492 e. The Kier molecular flexibility index (Phi) is 5.84. The monoisotopic (exact) mass is 405 g/mol. The number of methoxy groups -OCH3 is 1. The van der Waals surface area contributed by atoms with E-state index in [1.54, 1.807) is 29.5 Å². The maximum absolute atomic E-state index is 12.4. The number of aromatic nitrogens is 1. The van der Waals surface area contributed by atoms with Crippen molar-refractivity contribution in [3.8, 4) is 11.5 Å². The molecule has 1 rings (SSSR count). The van der Waals surface area contributed by atoms with Gasteiger partial charge in [0.2, 0.25) is 5.75 Å². The molecule has 0 aliphatic rings. The Balaban J connectivity index is 3.14. The molecule has 0 aliphatic heterocycles. The fraction of sp³-hybridized carbons (Fsp3) is 0.455. The summed E-state index contributed by atoms with van der Waals surface area (Å²) in [4.78, 5) is 15.2. The van der Waals surface area contributed by atoms with Gasteiger partial charge >= 0.3 is 12.3 Å². The molecule has 0 N–H and O–H groups in total. The summed E-state index contributed by atoms with van der Waals surface area (Å²) in [6, 6.07) is 0. The van der Waals surface area contributed by atoms with Crippen LogP contribution in [-0.2, 0) is 16.0 Å². The van der Waals surface area contributed by atoms with E-state index in [4.69, 9.17) is 9.47 Å². The van der Waals surface area contributed by atoms with Crippen LogP contribution in [-0.4, -0.2) is 31.0 Å². The first kappa shape index (κ1) is 16.8. The average Bonchev–Trinajstić information content (AvgIpc) is 2.32. The molecule has 1 heterocycles. The molecule has 5 nitrogen and oxygen atoms in total. The molecule has 0 atom stereocenters. The summed E-state index contributed by atoms with van der Waals surface area (Å²) in [7, 11) is 1.18. The zero-order valence-corrected chi connectivity index (χ0v) is 12.7. The Morgan fingerprint density at radius 1 is 1.40 bits per heavy atom. The Hall–Kier alpha value is -1.26. The molecule has 0 saturated carbocycles. The molecule has 0 unspecified atom stereocenters. The first-order chi connectivity index (χ1) is 9.28. The van der Waals surface area contributed by atoms with E-state index in [-0.39, 0.29) is 28.0 Å². The first-order valence-corrected chi connectivity index (χ1v) is 6.49. The third-order valence-corrected chi connectivity index (χ3v) is 2.85. The summed E-state index contributed by atoms with van der Waals surface area (Å²) in [5.74, 6) is -1.34. The van der Waals surface area contributed by atoms with Gasteiger partial charge in [0.1, 0.15) is 3.70 Å². The van der Waals surface area contributed by atoms with Gasteiger partial charge < -0.3 is 14.2 Å². The van der Waals surface area contributed by atoms with Gasteiger partial charge in [0.05, 0.1) is 20.1 Å². The van der Waals surface area contributed by atoms with Gasteiger partial charge in [0, 0.05) is 11.8 Å². The van der Waals surface area contributed by atoms with Crippen molar-refractivity contribution in [3.05, 3.63) is 15.5 Å². The molecule has 112 valence electrons. The van der Waals surface area contributed by atoms with Crippen molar-refractivity contribution >= 4 is 28.6 Å². The van der Waals surface area contributed by atoms with Gasteiger partial charge in [-0.2, -0.15) is 0 Å². The van der Waals surface area contributed by atoms with E-state index in [1.807, 2.05) is 0 Å². The van der Waals surface area contributed by atoms with Crippen LogP contribution in [0.5, 0.6) is 11.5 Å². The van der Waals surface area contributed by atoms with Crippen LogP contribution in [0.15, 0.2) is 6.20 Å². The Labute approximate surface area is 126 Å². The molecule has 0 radical (unpaired) electrons. The van der Waals surface area contributed by atoms with E-state index in [0.717, 1.165) is 0 Å². The van der Waals surface area contributed by atoms with Crippen molar-refractivity contribution in [3.63, 3.8) is 0 Å². The molecular weight excluding hydrogens is 394 g/mol. The third kappa shape index (κ3) is 4.69. The second-order valence-corrected chi connectivity index (χ2v) is 4.49. The molecule has 0 spiro atoms. The van der Waals surface area contributed by atoms with Crippen molar-refractivity contribution in [1.29, 1.82) is 0 Å². The number of pyridine rings is 1. The van der Waals surface area contributed by atoms with Crippen LogP contribution in [0.3, 0.4) is 0 Å². The number of carbonyl (C=O) groups excluding carboxylic acids is 1. The summed E-state index contributed by atoms with van der Waals surface area (Å²) in [5, 5.41) is 0. The van der Waals surface area contributed by atoms with Gasteiger partial charge in [-0.1, -0.05) is 0 Å². The van der Waals surface area contributed by atoms with Gasteiger partial charge in [0.15, 0.2) is 5.75 Å². The molecule has 0 saturated heterocycles. The van der Waals surface area contributed by atoms with Gasteiger partial charge in [-0.25, -0.2) is 4.98 Å². The van der Waals surface area contributed by atoms with Crippen molar-refractivity contribution in [2.24, 2.45) is 0 Å². The topological polar surface area (TPSA) is 57.7 Å². The van der Waals surface area contributed by atoms with Gasteiger partial charge in [-0.05, 0) is 29.5 Å². The van der Waals surface area contributed by atoms with Crippen LogP contribution < -0.4 is 9.47 Å². The van der Waals surface area contributed by atoms with E-state index in [9.17, 15) is 18.0 Å². The Morgan fingerprint density at radius 3 is 2.55 bits per heavy atom. The summed E-state index contributed by atoms with van der Waals surface area (Å²) < 4.78 is 50.6. The second-order valence-electron chi connectivity index (χ2n) is 3.47. The van der Waals surface area contributed by atoms with Crippen molar-refractivity contribution in [2.75, 3.05) is 13.7 Å². The lowest BCUT2D eigenvalue weighted by Gasteiger charge is -2.16. The van der Waals surface area contributed by atoms with Crippen LogP contribution in [0.4, 0.5) is 13.2 Å². The van der Waals surface area contributed by atoms with Crippen molar-refractivity contribution in [1.82, 2.24) is 4.98 Å². The van der Waals surface area contributed by atoms with Crippen LogP contribution in [0.1, 0.15) is 12.5 Å². The quantitative estimate of drug-likeness (QED) is 0.429. The predicted molar refractivity (Wildman–Crippen MR) is 70.5 cm³/mol. The van der Waals surface area contributed by atoms with Gasteiger partial charge in [-0.15, -0.1) is 13.2 Å². The smallest absolute Gasteiger partial charge is 0.492 e. The summed E-state index contributed by atoms with van der Waals surface area (Å²) >= 11 is 1.58. The van der Waals surface area contributed by atoms with E-state index < -0.39 is 18.1 Å². The highest BCUT2D eigenvalue weighted by molar-refractivity contribution is 14.1. The maximum atomic E-state index is 12.4. The summed E-state index contributed by atoms with van der Waals surface area (Å²) in [6.07, 6.45) is -3.88. The van der Waals surface area contributed by atoms with Crippen LogP contribution >= 0.6 is 22.6 Å². The molecule has 0 bridgehead atoms. The first-order valence-electron chi connectivity index (χ1n) is 5.41. The summed E-state index contributed by atoms with van der Waals surface area (Å²) in [5.41, 5.74) is 0.158. The number of rotatable bonds is 5. The minimum atomic E-state index is -4.88. The van der Waals surface area contributed by atoms with Gasteiger partial charge in [-0.3, -0.25) is 4.79 Å². The third-order valence-electron chi connectivity index (χ3n) is 2.08. The number of hydrogen-bond acceptors (Lipinski definition) is 5. The number of nitrogens with zero attached hydrogens (tertiary/aromatic N) is 1. The maximum Gasteiger partial charge on any atom is 0.573 e. The van der Waals surface area contributed by atoms with Crippen LogP contribution in [0.25, 0.3) is 0 Å². The van der Waals surface area contributed by atoms with Crippen LogP contribution in [0, 0.1) is 3.70 Å². The molecule has 0 aromatic carbocycles. The molecule has 9 heteroatoms. The van der Waals surface area contributed by atoms with Gasteiger partial charge in [0.25, 0.3) is 0 Å². The van der Waals surface area contributed by atoms with Crippen molar-refractivity contribution < 1.29 is 32.2 Å². The second kappa shape index (κ2) is 6.95. The highest BCUT2D eigenvalue weighted by Crippen LogP contribution is 2.38. The normalized spacial score (nSPS) is 11.1.